The van der Waals surface area contributed by atoms with E-state index in [1.807, 2.05) is 17.9 Å². The first kappa shape index (κ1) is 23.0. The summed E-state index contributed by atoms with van der Waals surface area (Å²) < 4.78 is 4.31. The van der Waals surface area contributed by atoms with Crippen molar-refractivity contribution >= 4 is 16.7 Å². The number of aryl methyl sites for hydroxylation is 3. The molecule has 6 rings (SSSR count). The molecule has 0 saturated heterocycles. The zero-order chi connectivity index (χ0) is 24.3. The van der Waals surface area contributed by atoms with Crippen molar-refractivity contribution in [3.63, 3.8) is 0 Å². The summed E-state index contributed by atoms with van der Waals surface area (Å²) in [6, 6.07) is 3.51. The third kappa shape index (κ3) is 4.05. The normalized spacial score (nSPS) is 26.5. The minimum atomic E-state index is 0.436. The van der Waals surface area contributed by atoms with Crippen LogP contribution in [0, 0.1) is 25.2 Å². The largest absolute Gasteiger partial charge is 0.366 e. The van der Waals surface area contributed by atoms with Crippen molar-refractivity contribution in [2.75, 3.05) is 11.4 Å². The predicted molar refractivity (Wildman–Crippen MR) is 141 cm³/mol. The molecule has 7 heteroatoms. The molecule has 2 saturated carbocycles. The maximum atomic E-state index is 5.15. The molecule has 1 N–H and O–H groups in total. The van der Waals surface area contributed by atoms with Crippen LogP contribution < -0.4 is 10.2 Å². The monoisotopic (exact) mass is 475 g/mol. The number of fused-ring (bicyclic) bond motifs is 4. The van der Waals surface area contributed by atoms with Crippen molar-refractivity contribution < 1.29 is 0 Å². The fourth-order valence-corrected chi connectivity index (χ4v) is 7.44. The molecule has 3 unspecified atom stereocenters. The smallest absolute Gasteiger partial charge is 0.159 e. The number of nitrogens with one attached hydrogen (secondary N) is 1. The lowest BCUT2D eigenvalue weighted by atomic mass is 9.60. The topological polar surface area (TPSA) is 63.8 Å². The molecule has 3 aliphatic rings. The molecule has 1 aliphatic heterocycles. The Morgan fingerprint density at radius 2 is 2.06 bits per heavy atom. The number of aromatic nitrogens is 5. The molecule has 4 heterocycles. The molecule has 7 nitrogen and oxygen atoms in total. The Morgan fingerprint density at radius 1 is 1.20 bits per heavy atom. The van der Waals surface area contributed by atoms with E-state index in [-0.39, 0.29) is 0 Å². The number of hydrogen-bond acceptors (Lipinski definition) is 5. The Kier molecular flexibility index (Phi) is 5.66. The highest BCUT2D eigenvalue weighted by Gasteiger charge is 2.44. The van der Waals surface area contributed by atoms with Crippen LogP contribution in [0.2, 0.25) is 0 Å². The number of nitrogens with zero attached hydrogens (tertiary/aromatic N) is 6. The third-order valence-electron chi connectivity index (χ3n) is 9.05. The van der Waals surface area contributed by atoms with E-state index in [0.29, 0.717) is 17.5 Å². The van der Waals surface area contributed by atoms with Crippen LogP contribution in [0.25, 0.3) is 11.0 Å². The molecular weight excluding hydrogens is 434 g/mol. The van der Waals surface area contributed by atoms with Gasteiger partial charge >= 0.3 is 0 Å². The van der Waals surface area contributed by atoms with Crippen LogP contribution in [0.5, 0.6) is 0 Å². The highest BCUT2D eigenvalue weighted by Crippen LogP contribution is 2.50. The number of hydrogen-bond donors (Lipinski definition) is 1. The van der Waals surface area contributed by atoms with Crippen molar-refractivity contribution in [1.29, 1.82) is 0 Å². The van der Waals surface area contributed by atoms with Gasteiger partial charge in [-0.1, -0.05) is 20.3 Å². The lowest BCUT2D eigenvalue weighted by Crippen LogP contribution is -2.50. The van der Waals surface area contributed by atoms with Crippen LogP contribution >= 0.6 is 0 Å². The summed E-state index contributed by atoms with van der Waals surface area (Å²) in [6.45, 7) is 11.9. The second-order valence-corrected chi connectivity index (χ2v) is 12.0. The second kappa shape index (κ2) is 8.61. The van der Waals surface area contributed by atoms with Crippen LogP contribution in [0.1, 0.15) is 75.0 Å². The van der Waals surface area contributed by atoms with Crippen molar-refractivity contribution in [3.05, 3.63) is 34.9 Å². The zero-order valence-electron chi connectivity index (χ0n) is 22.1. The minimum absolute atomic E-state index is 0.436. The van der Waals surface area contributed by atoms with Gasteiger partial charge in [0.2, 0.25) is 0 Å². The van der Waals surface area contributed by atoms with Gasteiger partial charge in [0.05, 0.1) is 23.0 Å². The fourth-order valence-electron chi connectivity index (χ4n) is 7.44. The molecule has 0 radical (unpaired) electrons. The summed E-state index contributed by atoms with van der Waals surface area (Å²) >= 11 is 0. The Hall–Kier alpha value is -2.41. The van der Waals surface area contributed by atoms with E-state index in [2.05, 4.69) is 53.8 Å². The molecule has 3 aromatic heterocycles. The minimum Gasteiger partial charge on any atom is -0.366 e. The molecule has 0 amide bonds. The van der Waals surface area contributed by atoms with E-state index in [9.17, 15) is 0 Å². The Bertz CT molecular complexity index is 1240. The highest BCUT2D eigenvalue weighted by atomic mass is 15.3. The van der Waals surface area contributed by atoms with Crippen LogP contribution in [0.15, 0.2) is 12.3 Å². The van der Waals surface area contributed by atoms with E-state index in [0.717, 1.165) is 48.7 Å². The standard InChI is InChI=1S/C28H41N7/c1-18(2)30-24-8-11-28(10-6-7-21(24)14-28)17-35-25-9-12-34(16-23(25)20(4)32-35)26-13-19(3)31-27-22(26)15-29-33(27)5/h13,15,18,21,24,30H,6-12,14,16-17H2,1-5H3. The summed E-state index contributed by atoms with van der Waals surface area (Å²) in [5.41, 5.74) is 7.81. The molecular formula is C28H41N7. The number of rotatable bonds is 5. The maximum absolute atomic E-state index is 5.15. The predicted octanol–water partition coefficient (Wildman–Crippen LogP) is 4.68. The Balaban J connectivity index is 1.24. The maximum Gasteiger partial charge on any atom is 0.159 e. The van der Waals surface area contributed by atoms with Crippen LogP contribution in [0.3, 0.4) is 0 Å². The Labute approximate surface area is 209 Å². The molecule has 3 aromatic rings. The summed E-state index contributed by atoms with van der Waals surface area (Å²) in [6.07, 6.45) is 11.2. The van der Waals surface area contributed by atoms with Crippen molar-refractivity contribution in [1.82, 2.24) is 29.9 Å². The first-order chi connectivity index (χ1) is 16.8. The van der Waals surface area contributed by atoms with Crippen molar-refractivity contribution in [3.8, 4) is 0 Å². The summed E-state index contributed by atoms with van der Waals surface area (Å²) in [4.78, 5) is 7.24. The van der Waals surface area contributed by atoms with E-state index in [1.165, 1.54) is 61.2 Å². The van der Waals surface area contributed by atoms with E-state index in [1.54, 1.807) is 0 Å². The third-order valence-corrected chi connectivity index (χ3v) is 9.05. The van der Waals surface area contributed by atoms with Crippen LogP contribution in [-0.4, -0.2) is 43.2 Å². The zero-order valence-corrected chi connectivity index (χ0v) is 22.1. The van der Waals surface area contributed by atoms with Gasteiger partial charge in [0.25, 0.3) is 0 Å². The molecule has 2 aliphatic carbocycles. The van der Waals surface area contributed by atoms with Gasteiger partial charge in [0.1, 0.15) is 0 Å². The molecule has 35 heavy (non-hydrogen) atoms. The lowest BCUT2D eigenvalue weighted by Gasteiger charge is -2.49. The summed E-state index contributed by atoms with van der Waals surface area (Å²) in [5, 5.41) is 14.6. The van der Waals surface area contributed by atoms with Gasteiger partial charge in [-0.05, 0) is 63.4 Å². The van der Waals surface area contributed by atoms with Gasteiger partial charge in [-0.15, -0.1) is 0 Å². The average Bonchev–Trinajstić information content (AvgIpc) is 3.34. The SMILES string of the molecule is Cc1cc(N2CCc3c(c(C)nn3CC34CCCC(C3)C(NC(C)C)CC4)C2)c2cnn(C)c2n1. The second-order valence-electron chi connectivity index (χ2n) is 12.0. The molecule has 2 fully saturated rings. The summed E-state index contributed by atoms with van der Waals surface area (Å²) in [5.74, 6) is 0.833. The first-order valence-corrected chi connectivity index (χ1v) is 13.7. The average molecular weight is 476 g/mol. The lowest BCUT2D eigenvalue weighted by molar-refractivity contribution is 0.0301. The molecule has 0 aromatic carbocycles. The first-order valence-electron chi connectivity index (χ1n) is 13.7. The van der Waals surface area contributed by atoms with Gasteiger partial charge in [0.15, 0.2) is 5.65 Å². The molecule has 3 atom stereocenters. The van der Waals surface area contributed by atoms with Gasteiger partial charge < -0.3 is 10.2 Å². The van der Waals surface area contributed by atoms with Gasteiger partial charge in [0, 0.05) is 62.1 Å². The van der Waals surface area contributed by atoms with Crippen molar-refractivity contribution in [2.45, 2.75) is 97.8 Å². The van der Waals surface area contributed by atoms with E-state index in [4.69, 9.17) is 10.1 Å². The van der Waals surface area contributed by atoms with Crippen LogP contribution in [0.4, 0.5) is 5.69 Å². The summed E-state index contributed by atoms with van der Waals surface area (Å²) in [7, 11) is 1.97. The van der Waals surface area contributed by atoms with Gasteiger partial charge in [-0.2, -0.15) is 10.2 Å². The van der Waals surface area contributed by atoms with E-state index < -0.39 is 0 Å². The fraction of sp³-hybridized carbons (Fsp3) is 0.679. The van der Waals surface area contributed by atoms with Gasteiger partial charge in [-0.25, -0.2) is 4.98 Å². The molecule has 2 bridgehead atoms. The number of pyridine rings is 1. The van der Waals surface area contributed by atoms with Crippen LogP contribution in [-0.2, 0) is 26.6 Å². The van der Waals surface area contributed by atoms with Gasteiger partial charge in [-0.3, -0.25) is 9.36 Å². The quantitative estimate of drug-likeness (QED) is 0.580. The highest BCUT2D eigenvalue weighted by molar-refractivity contribution is 5.89. The Morgan fingerprint density at radius 3 is 2.89 bits per heavy atom. The van der Waals surface area contributed by atoms with E-state index >= 15 is 0 Å². The molecule has 188 valence electrons. The molecule has 0 spiro atoms. The number of anilines is 1. The van der Waals surface area contributed by atoms with Crippen molar-refractivity contribution in [2.24, 2.45) is 18.4 Å².